The van der Waals surface area contributed by atoms with E-state index >= 15 is 0 Å². The Morgan fingerprint density at radius 2 is 1.84 bits per heavy atom. The lowest BCUT2D eigenvalue weighted by Crippen LogP contribution is -2.28. The number of methoxy groups -OCH3 is 2. The van der Waals surface area contributed by atoms with Crippen LogP contribution in [0, 0.1) is 13.8 Å². The molecule has 0 N–H and O–H groups in total. The third kappa shape index (κ3) is 4.28. The molecule has 0 bridgehead atoms. The van der Waals surface area contributed by atoms with Gasteiger partial charge in [0.1, 0.15) is 0 Å². The zero-order valence-corrected chi connectivity index (χ0v) is 19.6. The van der Waals surface area contributed by atoms with Crippen LogP contribution in [0.5, 0.6) is 0 Å². The quantitative estimate of drug-likeness (QED) is 0.460. The van der Waals surface area contributed by atoms with Gasteiger partial charge in [0, 0.05) is 35.8 Å². The molecule has 1 aliphatic heterocycles. The highest BCUT2D eigenvalue weighted by Gasteiger charge is 2.37. The monoisotopic (exact) mass is 462 g/mol. The maximum Gasteiger partial charge on any atom is 0.340 e. The Morgan fingerprint density at radius 1 is 1.13 bits per heavy atom. The van der Waals surface area contributed by atoms with Crippen LogP contribution >= 0.6 is 23.2 Å². The van der Waals surface area contributed by atoms with Crippen LogP contribution in [0.25, 0.3) is 11.8 Å². The number of hydrogen-bond donors (Lipinski definition) is 0. The second kappa shape index (κ2) is 9.30. The summed E-state index contributed by atoms with van der Waals surface area (Å²) >= 11 is 12.6. The molecule has 0 saturated carbocycles. The van der Waals surface area contributed by atoms with Crippen molar-refractivity contribution in [3.05, 3.63) is 68.1 Å². The number of amides is 1. The Bertz CT molecular complexity index is 1120. The van der Waals surface area contributed by atoms with Gasteiger partial charge in [-0.2, -0.15) is 0 Å². The third-order valence-electron chi connectivity index (χ3n) is 5.34. The fourth-order valence-electron chi connectivity index (χ4n) is 3.80. The average Bonchev–Trinajstić information content (AvgIpc) is 3.14. The van der Waals surface area contributed by atoms with Gasteiger partial charge >= 0.3 is 5.97 Å². The molecule has 0 unspecified atom stereocenters. The molecule has 1 aromatic carbocycles. The highest BCUT2D eigenvalue weighted by atomic mass is 35.5. The topological polar surface area (TPSA) is 60.8 Å². The van der Waals surface area contributed by atoms with Crippen LogP contribution in [0.2, 0.25) is 10.0 Å². The predicted octanol–water partition coefficient (Wildman–Crippen LogP) is 4.72. The van der Waals surface area contributed by atoms with Crippen molar-refractivity contribution in [1.82, 2.24) is 9.47 Å². The first-order valence-corrected chi connectivity index (χ1v) is 10.4. The molecule has 0 atom stereocenters. The summed E-state index contributed by atoms with van der Waals surface area (Å²) in [4.78, 5) is 27.2. The van der Waals surface area contributed by atoms with E-state index in [0.717, 1.165) is 22.6 Å². The van der Waals surface area contributed by atoms with Crippen LogP contribution in [0.4, 0.5) is 0 Å². The summed E-state index contributed by atoms with van der Waals surface area (Å²) in [5.41, 5.74) is 4.40. The number of esters is 1. The van der Waals surface area contributed by atoms with Crippen molar-refractivity contribution >= 4 is 41.2 Å². The molecule has 164 valence electrons. The molecule has 3 rings (SSSR count). The zero-order chi connectivity index (χ0) is 22.9. The zero-order valence-electron chi connectivity index (χ0n) is 18.1. The van der Waals surface area contributed by atoms with Crippen LogP contribution in [0.1, 0.15) is 23.9 Å². The summed E-state index contributed by atoms with van der Waals surface area (Å²) in [6, 6.07) is 7.20. The molecular weight excluding hydrogens is 439 g/mol. The first kappa shape index (κ1) is 23.1. The van der Waals surface area contributed by atoms with Gasteiger partial charge in [0.25, 0.3) is 5.91 Å². The lowest BCUT2D eigenvalue weighted by Gasteiger charge is -2.16. The van der Waals surface area contributed by atoms with Crippen LogP contribution < -0.4 is 0 Å². The van der Waals surface area contributed by atoms with Gasteiger partial charge in [-0.05, 0) is 56.7 Å². The molecule has 0 aliphatic carbocycles. The van der Waals surface area contributed by atoms with E-state index in [2.05, 4.69) is 0 Å². The van der Waals surface area contributed by atoms with E-state index in [1.165, 1.54) is 12.0 Å². The number of nitrogens with zero attached hydrogens (tertiary/aromatic N) is 2. The summed E-state index contributed by atoms with van der Waals surface area (Å²) in [6.07, 6.45) is 1.72. The number of benzene rings is 1. The van der Waals surface area contributed by atoms with Gasteiger partial charge in [-0.15, -0.1) is 0 Å². The van der Waals surface area contributed by atoms with Crippen LogP contribution in [-0.2, 0) is 19.1 Å². The summed E-state index contributed by atoms with van der Waals surface area (Å²) in [6.45, 7) is 6.29. The molecule has 1 amide bonds. The normalized spacial score (nSPS) is 15.4. The van der Waals surface area contributed by atoms with Crippen molar-refractivity contribution < 1.29 is 19.1 Å². The van der Waals surface area contributed by atoms with Gasteiger partial charge in [-0.1, -0.05) is 23.2 Å². The molecule has 2 aromatic rings. The second-order valence-corrected chi connectivity index (χ2v) is 8.06. The molecule has 2 heterocycles. The van der Waals surface area contributed by atoms with Gasteiger partial charge in [-0.25, -0.2) is 4.79 Å². The van der Waals surface area contributed by atoms with Crippen molar-refractivity contribution in [2.24, 2.45) is 0 Å². The number of aryl methyl sites for hydroxylation is 1. The lowest BCUT2D eigenvalue weighted by molar-refractivity contribution is -0.136. The highest BCUT2D eigenvalue weighted by Crippen LogP contribution is 2.34. The molecule has 6 nitrogen and oxygen atoms in total. The summed E-state index contributed by atoms with van der Waals surface area (Å²) in [5.74, 6) is -0.816. The summed E-state index contributed by atoms with van der Waals surface area (Å²) < 4.78 is 12.0. The maximum atomic E-state index is 13.1. The number of rotatable bonds is 6. The Hall–Kier alpha value is -2.54. The SMILES string of the molecule is COCCN1C(=O)C(=Cc2cc(C)n(-c3cc(Cl)ccc3Cl)c2C)C(C(=O)OC)=C1C. The number of carbonyl (C=O) groups excluding carboxylic acids is 2. The molecule has 0 saturated heterocycles. The number of halogens is 2. The predicted molar refractivity (Wildman–Crippen MR) is 122 cm³/mol. The molecule has 0 radical (unpaired) electrons. The number of carbonyl (C=O) groups is 2. The third-order valence-corrected chi connectivity index (χ3v) is 5.89. The highest BCUT2D eigenvalue weighted by molar-refractivity contribution is 6.34. The van der Waals surface area contributed by atoms with Crippen molar-refractivity contribution in [1.29, 1.82) is 0 Å². The van der Waals surface area contributed by atoms with E-state index in [4.69, 9.17) is 32.7 Å². The smallest absolute Gasteiger partial charge is 0.340 e. The van der Waals surface area contributed by atoms with Crippen molar-refractivity contribution in [3.8, 4) is 5.69 Å². The average molecular weight is 463 g/mol. The van der Waals surface area contributed by atoms with Crippen LogP contribution in [-0.4, -0.2) is 48.7 Å². The minimum absolute atomic E-state index is 0.259. The number of ether oxygens (including phenoxy) is 2. The Morgan fingerprint density at radius 3 is 2.48 bits per heavy atom. The van der Waals surface area contributed by atoms with Gasteiger partial charge in [0.15, 0.2) is 0 Å². The Labute approximate surface area is 191 Å². The van der Waals surface area contributed by atoms with E-state index in [0.29, 0.717) is 28.9 Å². The van der Waals surface area contributed by atoms with Crippen molar-refractivity contribution in [2.45, 2.75) is 20.8 Å². The van der Waals surface area contributed by atoms with Gasteiger partial charge in [0.05, 0.1) is 35.6 Å². The van der Waals surface area contributed by atoms with Crippen molar-refractivity contribution in [2.75, 3.05) is 27.4 Å². The number of hydrogen-bond acceptors (Lipinski definition) is 4. The molecule has 1 aliphatic rings. The van der Waals surface area contributed by atoms with Crippen LogP contribution in [0.15, 0.2) is 41.1 Å². The van der Waals surface area contributed by atoms with Gasteiger partial charge in [-0.3, -0.25) is 4.79 Å². The fourth-order valence-corrected chi connectivity index (χ4v) is 4.17. The molecule has 0 spiro atoms. The molecule has 31 heavy (non-hydrogen) atoms. The Kier molecular flexibility index (Phi) is 6.94. The van der Waals surface area contributed by atoms with E-state index < -0.39 is 5.97 Å². The minimum atomic E-state index is -0.552. The molecule has 0 fully saturated rings. The molecule has 8 heteroatoms. The van der Waals surface area contributed by atoms with Crippen LogP contribution in [0.3, 0.4) is 0 Å². The molecule has 1 aromatic heterocycles. The largest absolute Gasteiger partial charge is 0.465 e. The van der Waals surface area contributed by atoms with E-state index in [-0.39, 0.29) is 17.1 Å². The molecular formula is C23H24Cl2N2O4. The Balaban J connectivity index is 2.13. The fraction of sp³-hybridized carbons (Fsp3) is 0.304. The number of aromatic nitrogens is 1. The lowest BCUT2D eigenvalue weighted by atomic mass is 10.0. The number of allylic oxidation sites excluding steroid dienone is 1. The standard InChI is InChI=1S/C23H24Cl2N2O4/c1-13-10-16(14(2)27(13)20-12-17(24)6-7-19(20)25)11-18-21(23(29)31-5)15(3)26(22(18)28)8-9-30-4/h6-7,10-12H,8-9H2,1-5H3. The van der Waals surface area contributed by atoms with Gasteiger partial charge in [0.2, 0.25) is 0 Å². The maximum absolute atomic E-state index is 13.1. The van der Waals surface area contributed by atoms with Gasteiger partial charge < -0.3 is 18.9 Å². The second-order valence-electron chi connectivity index (χ2n) is 7.22. The summed E-state index contributed by atoms with van der Waals surface area (Å²) in [5, 5.41) is 1.12. The first-order valence-electron chi connectivity index (χ1n) is 9.67. The van der Waals surface area contributed by atoms with E-state index in [9.17, 15) is 9.59 Å². The minimum Gasteiger partial charge on any atom is -0.465 e. The first-order chi connectivity index (χ1) is 14.7. The van der Waals surface area contributed by atoms with E-state index in [1.807, 2.05) is 24.5 Å². The summed E-state index contributed by atoms with van der Waals surface area (Å²) in [7, 11) is 2.86. The van der Waals surface area contributed by atoms with E-state index in [1.54, 1.807) is 38.3 Å². The van der Waals surface area contributed by atoms with Crippen molar-refractivity contribution in [3.63, 3.8) is 0 Å².